The molecule has 1 aromatic heterocycles. The van der Waals surface area contributed by atoms with Crippen molar-refractivity contribution in [3.8, 4) is 0 Å². The van der Waals surface area contributed by atoms with Crippen LogP contribution < -0.4 is 5.56 Å². The monoisotopic (exact) mass is 349 g/mol. The number of thioether (sulfide) groups is 1. The summed E-state index contributed by atoms with van der Waals surface area (Å²) in [6.07, 6.45) is 2.69. The van der Waals surface area contributed by atoms with Gasteiger partial charge in [-0.2, -0.15) is 0 Å². The molecule has 2 unspecified atom stereocenters. The van der Waals surface area contributed by atoms with Gasteiger partial charge in [0.2, 0.25) is 5.91 Å². The molecule has 0 aromatic carbocycles. The molecule has 0 saturated carbocycles. The van der Waals surface area contributed by atoms with E-state index in [9.17, 15) is 9.59 Å². The Labute approximate surface area is 147 Å². The Bertz CT molecular complexity index is 692. The molecule has 2 atom stereocenters. The number of nitrogens with zero attached hydrogens (tertiary/aromatic N) is 3. The van der Waals surface area contributed by atoms with E-state index in [2.05, 4.69) is 32.7 Å². The highest BCUT2D eigenvalue weighted by molar-refractivity contribution is 7.99. The van der Waals surface area contributed by atoms with Crippen LogP contribution in [0.5, 0.6) is 0 Å². The SMILES string of the molecule is CC1CCCN(C(=O)CC2CSc3nc(C(C)(C)C)cc(=O)n32)C1. The Morgan fingerprint density at radius 3 is 2.83 bits per heavy atom. The second-order valence-electron chi connectivity index (χ2n) is 8.14. The minimum absolute atomic E-state index is 0.0280. The zero-order valence-corrected chi connectivity index (χ0v) is 15.9. The largest absolute Gasteiger partial charge is 0.342 e. The van der Waals surface area contributed by atoms with E-state index in [1.807, 2.05) is 4.90 Å². The summed E-state index contributed by atoms with van der Waals surface area (Å²) in [6, 6.07) is 1.57. The molecule has 0 bridgehead atoms. The second-order valence-corrected chi connectivity index (χ2v) is 9.13. The first-order chi connectivity index (χ1) is 11.3. The van der Waals surface area contributed by atoms with Gasteiger partial charge in [-0.3, -0.25) is 14.2 Å². The smallest absolute Gasteiger partial charge is 0.254 e. The number of piperidine rings is 1. The number of rotatable bonds is 2. The Hall–Kier alpha value is -1.30. The van der Waals surface area contributed by atoms with Gasteiger partial charge in [0.25, 0.3) is 5.56 Å². The van der Waals surface area contributed by atoms with E-state index >= 15 is 0 Å². The summed E-state index contributed by atoms with van der Waals surface area (Å²) in [5, 5.41) is 0.761. The van der Waals surface area contributed by atoms with Crippen molar-refractivity contribution in [1.82, 2.24) is 14.5 Å². The number of carbonyl (C=O) groups is 1. The molecule has 1 saturated heterocycles. The highest BCUT2D eigenvalue weighted by Gasteiger charge is 2.31. The molecule has 0 spiro atoms. The van der Waals surface area contributed by atoms with Crippen LogP contribution in [-0.2, 0) is 10.2 Å². The molecule has 1 aromatic rings. The van der Waals surface area contributed by atoms with Crippen molar-refractivity contribution in [2.45, 2.75) is 63.6 Å². The molecule has 5 nitrogen and oxygen atoms in total. The lowest BCUT2D eigenvalue weighted by Gasteiger charge is -2.31. The van der Waals surface area contributed by atoms with Crippen LogP contribution in [0.3, 0.4) is 0 Å². The number of amides is 1. The van der Waals surface area contributed by atoms with Gasteiger partial charge in [0, 0.05) is 36.7 Å². The van der Waals surface area contributed by atoms with Gasteiger partial charge in [-0.15, -0.1) is 0 Å². The molecule has 2 aliphatic rings. The van der Waals surface area contributed by atoms with Gasteiger partial charge in [0.15, 0.2) is 5.16 Å². The van der Waals surface area contributed by atoms with Crippen molar-refractivity contribution in [2.24, 2.45) is 5.92 Å². The highest BCUT2D eigenvalue weighted by Crippen LogP contribution is 2.34. The Morgan fingerprint density at radius 1 is 1.42 bits per heavy atom. The summed E-state index contributed by atoms with van der Waals surface area (Å²) < 4.78 is 1.73. The van der Waals surface area contributed by atoms with Crippen molar-refractivity contribution >= 4 is 17.7 Å². The summed E-state index contributed by atoms with van der Waals surface area (Å²) in [5.74, 6) is 1.50. The number of carbonyl (C=O) groups excluding carboxylic acids is 1. The predicted molar refractivity (Wildman–Crippen MR) is 96.6 cm³/mol. The summed E-state index contributed by atoms with van der Waals surface area (Å²) >= 11 is 1.59. The van der Waals surface area contributed by atoms with E-state index in [-0.39, 0.29) is 22.9 Å². The maximum Gasteiger partial charge on any atom is 0.254 e. The number of hydrogen-bond acceptors (Lipinski definition) is 4. The molecular formula is C18H27N3O2S. The zero-order valence-electron chi connectivity index (χ0n) is 15.0. The maximum atomic E-state index is 12.6. The van der Waals surface area contributed by atoms with Gasteiger partial charge in [0.05, 0.1) is 11.7 Å². The summed E-state index contributed by atoms with van der Waals surface area (Å²) in [7, 11) is 0. The van der Waals surface area contributed by atoms with Crippen LogP contribution in [0.2, 0.25) is 0 Å². The van der Waals surface area contributed by atoms with E-state index < -0.39 is 0 Å². The van der Waals surface area contributed by atoms with Crippen molar-refractivity contribution in [2.75, 3.05) is 18.8 Å². The van der Waals surface area contributed by atoms with Crippen LogP contribution in [0, 0.1) is 5.92 Å². The lowest BCUT2D eigenvalue weighted by Crippen LogP contribution is -2.40. The molecule has 1 fully saturated rings. The van der Waals surface area contributed by atoms with E-state index in [0.717, 1.165) is 36.1 Å². The van der Waals surface area contributed by atoms with Crippen LogP contribution in [0.25, 0.3) is 0 Å². The first-order valence-electron chi connectivity index (χ1n) is 8.80. The Balaban J connectivity index is 1.77. The van der Waals surface area contributed by atoms with Crippen LogP contribution in [0.15, 0.2) is 16.0 Å². The average molecular weight is 350 g/mol. The number of aromatic nitrogens is 2. The Morgan fingerprint density at radius 2 is 2.17 bits per heavy atom. The van der Waals surface area contributed by atoms with E-state index in [4.69, 9.17) is 0 Å². The molecule has 0 N–H and O–H groups in total. The molecule has 3 heterocycles. The molecular weight excluding hydrogens is 322 g/mol. The van der Waals surface area contributed by atoms with Gasteiger partial charge in [-0.25, -0.2) is 4.98 Å². The summed E-state index contributed by atoms with van der Waals surface area (Å²) in [6.45, 7) is 10.1. The zero-order chi connectivity index (χ0) is 17.5. The molecule has 6 heteroatoms. The van der Waals surface area contributed by atoms with E-state index in [1.54, 1.807) is 22.4 Å². The first-order valence-corrected chi connectivity index (χ1v) is 9.79. The van der Waals surface area contributed by atoms with E-state index in [1.165, 1.54) is 6.42 Å². The van der Waals surface area contributed by atoms with Gasteiger partial charge >= 0.3 is 0 Å². The Kier molecular flexibility index (Phi) is 4.78. The molecule has 3 rings (SSSR count). The van der Waals surface area contributed by atoms with Gasteiger partial charge in [0.1, 0.15) is 0 Å². The topological polar surface area (TPSA) is 55.2 Å². The van der Waals surface area contributed by atoms with Gasteiger partial charge in [-0.1, -0.05) is 39.5 Å². The predicted octanol–water partition coefficient (Wildman–Crippen LogP) is 2.84. The van der Waals surface area contributed by atoms with Crippen molar-refractivity contribution in [3.05, 3.63) is 22.1 Å². The summed E-state index contributed by atoms with van der Waals surface area (Å²) in [4.78, 5) is 31.9. The fourth-order valence-corrected chi connectivity index (χ4v) is 4.58. The molecule has 132 valence electrons. The molecule has 24 heavy (non-hydrogen) atoms. The lowest BCUT2D eigenvalue weighted by atomic mass is 9.92. The fourth-order valence-electron chi connectivity index (χ4n) is 3.43. The number of likely N-dealkylation sites (tertiary alicyclic amines) is 1. The van der Waals surface area contributed by atoms with Crippen molar-refractivity contribution in [3.63, 3.8) is 0 Å². The molecule has 2 aliphatic heterocycles. The molecule has 0 aliphatic carbocycles. The summed E-state index contributed by atoms with van der Waals surface area (Å²) in [5.41, 5.74) is 0.649. The van der Waals surface area contributed by atoms with Crippen LogP contribution in [0.1, 0.15) is 58.7 Å². The first kappa shape index (κ1) is 17.5. The quantitative estimate of drug-likeness (QED) is 0.771. The highest BCUT2D eigenvalue weighted by atomic mass is 32.2. The third kappa shape index (κ3) is 3.53. The lowest BCUT2D eigenvalue weighted by molar-refractivity contribution is -0.133. The van der Waals surface area contributed by atoms with Crippen molar-refractivity contribution < 1.29 is 4.79 Å². The number of fused-ring (bicyclic) bond motifs is 1. The normalized spacial score (nSPS) is 24.1. The maximum absolute atomic E-state index is 12.6. The fraction of sp³-hybridized carbons (Fsp3) is 0.722. The minimum atomic E-state index is -0.146. The second kappa shape index (κ2) is 6.54. The third-order valence-electron chi connectivity index (χ3n) is 4.88. The van der Waals surface area contributed by atoms with Crippen LogP contribution in [0.4, 0.5) is 0 Å². The molecule has 1 amide bonds. The van der Waals surface area contributed by atoms with Crippen LogP contribution in [-0.4, -0.2) is 39.2 Å². The van der Waals surface area contributed by atoms with Gasteiger partial charge < -0.3 is 4.90 Å². The van der Waals surface area contributed by atoms with E-state index in [0.29, 0.717) is 12.3 Å². The standard InChI is InChI=1S/C18H27N3O2S/c1-12-6-5-7-20(10-12)15(22)8-13-11-24-17-19-14(18(2,3)4)9-16(23)21(13)17/h9,12-13H,5-8,10-11H2,1-4H3. The average Bonchev–Trinajstić information content (AvgIpc) is 2.90. The van der Waals surface area contributed by atoms with Crippen LogP contribution >= 0.6 is 11.8 Å². The molecule has 0 radical (unpaired) electrons. The van der Waals surface area contributed by atoms with Crippen molar-refractivity contribution in [1.29, 1.82) is 0 Å². The third-order valence-corrected chi connectivity index (χ3v) is 5.98. The van der Waals surface area contributed by atoms with Gasteiger partial charge in [-0.05, 0) is 18.8 Å². The number of hydrogen-bond donors (Lipinski definition) is 0. The minimum Gasteiger partial charge on any atom is -0.342 e.